The lowest BCUT2D eigenvalue weighted by molar-refractivity contribution is 0.151. The van der Waals surface area contributed by atoms with Crippen molar-refractivity contribution >= 4 is 21.6 Å². The van der Waals surface area contributed by atoms with Crippen molar-refractivity contribution in [3.8, 4) is 6.07 Å². The average Bonchev–Trinajstić information content (AvgIpc) is 2.10. The Morgan fingerprint density at radius 2 is 2.29 bits per heavy atom. The van der Waals surface area contributed by atoms with Crippen LogP contribution in [0.5, 0.6) is 0 Å². The van der Waals surface area contributed by atoms with Crippen LogP contribution in [0.15, 0.2) is 10.8 Å². The number of nitriles is 1. The second-order valence-electron chi connectivity index (χ2n) is 2.54. The summed E-state index contributed by atoms with van der Waals surface area (Å²) in [5, 5.41) is 8.41. The summed E-state index contributed by atoms with van der Waals surface area (Å²) in [6.45, 7) is 0. The van der Waals surface area contributed by atoms with Gasteiger partial charge in [-0.1, -0.05) is 0 Å². The summed E-state index contributed by atoms with van der Waals surface area (Å²) < 4.78 is 25.0. The number of hydrogen-bond acceptors (Lipinski definition) is 3. The zero-order valence-corrected chi connectivity index (χ0v) is 8.55. The van der Waals surface area contributed by atoms with Crippen LogP contribution in [0.4, 0.5) is 14.5 Å². The molecule has 0 saturated carbocycles. The lowest BCUT2D eigenvalue weighted by Gasteiger charge is -2.09. The zero-order chi connectivity index (χ0) is 10.7. The minimum absolute atomic E-state index is 0.0201. The summed E-state index contributed by atoms with van der Waals surface area (Å²) in [4.78, 5) is 3.69. The first kappa shape index (κ1) is 10.9. The number of aromatic nitrogens is 1. The van der Waals surface area contributed by atoms with Crippen LogP contribution in [-0.4, -0.2) is 4.98 Å². The summed E-state index contributed by atoms with van der Waals surface area (Å²) in [7, 11) is 0. The van der Waals surface area contributed by atoms with Crippen molar-refractivity contribution in [1.82, 2.24) is 4.98 Å². The number of alkyl halides is 2. The number of rotatable bonds is 2. The predicted molar refractivity (Wildman–Crippen MR) is 50.6 cm³/mol. The average molecular weight is 262 g/mol. The van der Waals surface area contributed by atoms with E-state index >= 15 is 0 Å². The fourth-order valence-electron chi connectivity index (χ4n) is 0.991. The van der Waals surface area contributed by atoms with E-state index in [1.165, 1.54) is 6.20 Å². The molecule has 74 valence electrons. The van der Waals surface area contributed by atoms with E-state index < -0.39 is 6.43 Å². The summed E-state index contributed by atoms with van der Waals surface area (Å²) in [5.74, 6) is 0. The first-order valence-corrected chi connectivity index (χ1v) is 4.45. The van der Waals surface area contributed by atoms with Gasteiger partial charge in [0.05, 0.1) is 18.1 Å². The van der Waals surface area contributed by atoms with Crippen molar-refractivity contribution in [2.45, 2.75) is 12.8 Å². The van der Waals surface area contributed by atoms with Gasteiger partial charge in [-0.3, -0.25) is 0 Å². The van der Waals surface area contributed by atoms with E-state index in [-0.39, 0.29) is 22.3 Å². The molecular weight excluding hydrogens is 256 g/mol. The van der Waals surface area contributed by atoms with Crippen LogP contribution >= 0.6 is 15.9 Å². The molecule has 0 aliphatic heterocycles. The van der Waals surface area contributed by atoms with Crippen LogP contribution in [0.1, 0.15) is 17.6 Å². The Hall–Kier alpha value is -1.22. The Kier molecular flexibility index (Phi) is 3.36. The highest BCUT2D eigenvalue weighted by molar-refractivity contribution is 9.10. The number of nitrogens with two attached hydrogens (primary N) is 1. The van der Waals surface area contributed by atoms with Gasteiger partial charge in [-0.05, 0) is 15.9 Å². The van der Waals surface area contributed by atoms with Crippen molar-refractivity contribution in [3.63, 3.8) is 0 Å². The third-order valence-electron chi connectivity index (χ3n) is 1.68. The third kappa shape index (κ3) is 1.99. The molecule has 0 aromatic carbocycles. The highest BCUT2D eigenvalue weighted by Crippen LogP contribution is 2.32. The van der Waals surface area contributed by atoms with Crippen LogP contribution in [-0.2, 0) is 6.42 Å². The molecule has 0 fully saturated rings. The Morgan fingerprint density at radius 1 is 1.64 bits per heavy atom. The van der Waals surface area contributed by atoms with Gasteiger partial charge in [0.15, 0.2) is 0 Å². The lowest BCUT2D eigenvalue weighted by Crippen LogP contribution is -2.03. The number of halogens is 3. The molecule has 0 spiro atoms. The number of nitrogen functional groups attached to an aromatic ring is 1. The smallest absolute Gasteiger partial charge is 0.268 e. The van der Waals surface area contributed by atoms with E-state index in [0.717, 1.165) is 0 Å². The van der Waals surface area contributed by atoms with Gasteiger partial charge in [-0.25, -0.2) is 13.8 Å². The Labute approximate surface area is 87.7 Å². The molecule has 0 aliphatic rings. The van der Waals surface area contributed by atoms with Crippen LogP contribution < -0.4 is 5.73 Å². The van der Waals surface area contributed by atoms with E-state index in [0.29, 0.717) is 5.56 Å². The Morgan fingerprint density at radius 3 is 2.79 bits per heavy atom. The van der Waals surface area contributed by atoms with Crippen molar-refractivity contribution < 1.29 is 8.78 Å². The van der Waals surface area contributed by atoms with Gasteiger partial charge in [0.25, 0.3) is 6.43 Å². The van der Waals surface area contributed by atoms with Crippen molar-refractivity contribution in [3.05, 3.63) is 21.9 Å². The maximum Gasteiger partial charge on any atom is 0.268 e. The summed E-state index contributed by atoms with van der Waals surface area (Å²) in [6, 6.07) is 1.83. The van der Waals surface area contributed by atoms with Crippen LogP contribution in [0, 0.1) is 11.3 Å². The molecule has 0 amide bonds. The summed E-state index contributed by atoms with van der Waals surface area (Å²) in [5.41, 5.74) is 5.38. The van der Waals surface area contributed by atoms with E-state index in [2.05, 4.69) is 20.9 Å². The fourth-order valence-corrected chi connectivity index (χ4v) is 1.48. The molecule has 0 radical (unpaired) electrons. The first-order valence-electron chi connectivity index (χ1n) is 3.65. The highest BCUT2D eigenvalue weighted by Gasteiger charge is 2.18. The molecule has 14 heavy (non-hydrogen) atoms. The van der Waals surface area contributed by atoms with E-state index in [4.69, 9.17) is 11.0 Å². The molecule has 3 nitrogen and oxygen atoms in total. The normalized spacial score (nSPS) is 10.2. The molecule has 0 saturated heterocycles. The predicted octanol–water partition coefficient (Wildman–Crippen LogP) is 2.43. The molecule has 1 aromatic rings. The van der Waals surface area contributed by atoms with Gasteiger partial charge in [-0.2, -0.15) is 5.26 Å². The second kappa shape index (κ2) is 4.33. The van der Waals surface area contributed by atoms with Crippen molar-refractivity contribution in [2.75, 3.05) is 5.73 Å². The monoisotopic (exact) mass is 261 g/mol. The quantitative estimate of drug-likeness (QED) is 0.832. The van der Waals surface area contributed by atoms with Crippen LogP contribution in [0.2, 0.25) is 0 Å². The lowest BCUT2D eigenvalue weighted by atomic mass is 10.1. The molecular formula is C8H6BrF2N3. The minimum atomic E-state index is -2.70. The Balaban J connectivity index is 3.28. The fraction of sp³-hybridized carbons (Fsp3) is 0.250. The molecule has 0 aliphatic carbocycles. The molecule has 1 rings (SSSR count). The molecule has 0 atom stereocenters. The Bertz CT molecular complexity index is 387. The first-order chi connectivity index (χ1) is 6.57. The van der Waals surface area contributed by atoms with Gasteiger partial charge in [0.2, 0.25) is 0 Å². The van der Waals surface area contributed by atoms with Crippen LogP contribution in [0.25, 0.3) is 0 Å². The van der Waals surface area contributed by atoms with Crippen molar-refractivity contribution in [2.24, 2.45) is 0 Å². The van der Waals surface area contributed by atoms with Gasteiger partial charge < -0.3 is 5.73 Å². The van der Waals surface area contributed by atoms with E-state index in [9.17, 15) is 8.78 Å². The molecule has 0 unspecified atom stereocenters. The zero-order valence-electron chi connectivity index (χ0n) is 6.97. The maximum absolute atomic E-state index is 12.5. The number of hydrogen-bond donors (Lipinski definition) is 1. The largest absolute Gasteiger partial charge is 0.398 e. The topological polar surface area (TPSA) is 62.7 Å². The standard InChI is InChI=1S/C8H6BrF2N3/c9-7-5(8(10)11)6(13)4(1-2-12)3-14-7/h3,8H,1H2,(H2,13,14). The van der Waals surface area contributed by atoms with E-state index in [1.54, 1.807) is 0 Å². The van der Waals surface area contributed by atoms with Gasteiger partial charge in [-0.15, -0.1) is 0 Å². The maximum atomic E-state index is 12.5. The van der Waals surface area contributed by atoms with E-state index in [1.807, 2.05) is 6.07 Å². The SMILES string of the molecule is N#CCc1cnc(Br)c(C(F)F)c1N. The highest BCUT2D eigenvalue weighted by atomic mass is 79.9. The van der Waals surface area contributed by atoms with Gasteiger partial charge >= 0.3 is 0 Å². The second-order valence-corrected chi connectivity index (χ2v) is 3.29. The minimum Gasteiger partial charge on any atom is -0.398 e. The number of anilines is 1. The number of nitrogens with zero attached hydrogens (tertiary/aromatic N) is 2. The molecule has 0 bridgehead atoms. The van der Waals surface area contributed by atoms with Crippen molar-refractivity contribution in [1.29, 1.82) is 5.26 Å². The summed E-state index contributed by atoms with van der Waals surface area (Å²) >= 11 is 2.88. The third-order valence-corrected chi connectivity index (χ3v) is 2.31. The molecule has 6 heteroatoms. The summed E-state index contributed by atoms with van der Waals surface area (Å²) in [6.07, 6.45) is -1.41. The van der Waals surface area contributed by atoms with Crippen LogP contribution in [0.3, 0.4) is 0 Å². The molecule has 2 N–H and O–H groups in total. The molecule has 1 heterocycles. The van der Waals surface area contributed by atoms with Gasteiger partial charge in [0.1, 0.15) is 4.60 Å². The molecule has 1 aromatic heterocycles. The van der Waals surface area contributed by atoms with Gasteiger partial charge in [0, 0.05) is 17.4 Å². The number of pyridine rings is 1.